The van der Waals surface area contributed by atoms with Crippen molar-refractivity contribution in [2.45, 2.75) is 133 Å². The molecule has 0 radical (unpaired) electrons. The van der Waals surface area contributed by atoms with E-state index < -0.39 is 143 Å². The van der Waals surface area contributed by atoms with Crippen molar-refractivity contribution in [1.82, 2.24) is 0 Å². The van der Waals surface area contributed by atoms with E-state index in [4.69, 9.17) is 28.4 Å². The summed E-state index contributed by atoms with van der Waals surface area (Å²) in [5.74, 6) is -5.91. The zero-order valence-corrected chi connectivity index (χ0v) is 46.0. The van der Waals surface area contributed by atoms with E-state index in [1.165, 1.54) is 27.7 Å². The second-order valence-electron chi connectivity index (χ2n) is 19.1. The van der Waals surface area contributed by atoms with Gasteiger partial charge in [-0.1, -0.05) is 0 Å². The second kappa shape index (κ2) is 25.4. The molecule has 0 aromatic rings. The molecule has 6 atom stereocenters. The van der Waals surface area contributed by atoms with Crippen LogP contribution in [0.15, 0.2) is 0 Å². The molecule has 0 saturated carbocycles. The predicted molar refractivity (Wildman–Crippen MR) is 247 cm³/mol. The van der Waals surface area contributed by atoms with E-state index in [1.807, 2.05) is 0 Å². The molecule has 0 amide bonds. The maximum atomic E-state index is 11.8. The fourth-order valence-electron chi connectivity index (χ4n) is 7.31. The maximum absolute atomic E-state index is 11.8. The van der Waals surface area contributed by atoms with E-state index in [1.54, 1.807) is 0 Å². The predicted octanol–water partition coefficient (Wildman–Crippen LogP) is -1.56. The van der Waals surface area contributed by atoms with Crippen LogP contribution in [0, 0.1) is 0 Å². The van der Waals surface area contributed by atoms with Crippen molar-refractivity contribution in [3.05, 3.63) is 0 Å². The lowest BCUT2D eigenvalue weighted by Crippen LogP contribution is -2.36. The van der Waals surface area contributed by atoms with Gasteiger partial charge in [-0.15, -0.1) is 0 Å². The lowest BCUT2D eigenvalue weighted by Gasteiger charge is -2.21. The number of carbonyl (C=O) groups is 6. The summed E-state index contributed by atoms with van der Waals surface area (Å²) in [7, 11) is -21.8. The molecule has 0 N–H and O–H groups in total. The molecule has 6 saturated heterocycles. The van der Waals surface area contributed by atoms with Crippen LogP contribution < -0.4 is 0 Å². The first-order valence-corrected chi connectivity index (χ1v) is 32.2. The van der Waals surface area contributed by atoms with Crippen LogP contribution in [-0.4, -0.2) is 195 Å². The van der Waals surface area contributed by atoms with Crippen LogP contribution in [0.1, 0.15) is 98.3 Å². The van der Waals surface area contributed by atoms with Crippen molar-refractivity contribution >= 4 is 96.5 Å². The van der Waals surface area contributed by atoms with E-state index in [-0.39, 0.29) is 108 Å². The van der Waals surface area contributed by atoms with Gasteiger partial charge in [0, 0.05) is 38.5 Å². The van der Waals surface area contributed by atoms with E-state index in [0.29, 0.717) is 25.7 Å². The topological polar surface area (TPSA) is 418 Å². The van der Waals surface area contributed by atoms with Crippen LogP contribution in [0.25, 0.3) is 0 Å². The summed E-state index contributed by atoms with van der Waals surface area (Å²) >= 11 is 0. The minimum absolute atomic E-state index is 0.0116. The van der Waals surface area contributed by atoms with E-state index in [9.17, 15) is 79.3 Å². The van der Waals surface area contributed by atoms with Crippen molar-refractivity contribution in [3.8, 4) is 0 Å². The highest BCUT2D eigenvalue weighted by molar-refractivity contribution is 7.88. The number of carbonyl (C=O) groups excluding carboxylic acids is 6. The Kier molecular flexibility index (Phi) is 21.6. The molecule has 36 heteroatoms. The molecule has 6 fully saturated rings. The molecule has 6 aliphatic rings. The van der Waals surface area contributed by atoms with Gasteiger partial charge in [0.05, 0.1) is 0 Å². The standard InChI is InChI=1S/C14H22O10S2.C13H20O10S2.C12H18O10S2/c1-13(7-21-25(17,18)9-13)23-11(15)5-3-4-6-12(16)24-14(2)8-22-26(19,20)10-14;1-12(6-20-24(16,17)8-12)22-10(14)4-3-5-11(15)23-13(2)7-21-25(18,19)9-13;13-11(21-9-5-19-23(15,16)7-9)3-1-2-4-12(14)22-10-6-20-24(17,18)8-10/h3-10H2,1-2H3;3-9H2,1-2H3;9-10H,1-8H2. The van der Waals surface area contributed by atoms with Crippen molar-refractivity contribution in [2.75, 3.05) is 74.2 Å². The smallest absolute Gasteiger partial charge is 0.306 e. The summed E-state index contributed by atoms with van der Waals surface area (Å²) in [5.41, 5.74) is -4.87. The number of esters is 6. The number of unbranched alkanes of at least 4 members (excludes halogenated alkanes) is 2. The van der Waals surface area contributed by atoms with Gasteiger partial charge >= 0.3 is 35.8 Å². The Bertz CT molecular complexity index is 2620. The average Bonchev–Trinajstić information content (AvgIpc) is 4.05. The molecule has 6 aliphatic heterocycles. The van der Waals surface area contributed by atoms with Crippen molar-refractivity contribution in [1.29, 1.82) is 0 Å². The summed E-state index contributed by atoms with van der Waals surface area (Å²) in [4.78, 5) is 70.2. The largest absolute Gasteiger partial charge is 0.459 e. The zero-order chi connectivity index (χ0) is 56.4. The van der Waals surface area contributed by atoms with E-state index >= 15 is 0 Å². The van der Waals surface area contributed by atoms with Gasteiger partial charge in [0.2, 0.25) is 0 Å². The molecule has 0 spiro atoms. The zero-order valence-electron chi connectivity index (χ0n) is 41.1. The van der Waals surface area contributed by atoms with Gasteiger partial charge in [-0.3, -0.25) is 53.9 Å². The van der Waals surface area contributed by atoms with Gasteiger partial charge in [-0.25, -0.2) is 0 Å². The van der Waals surface area contributed by atoms with Gasteiger partial charge in [0.15, 0.2) is 22.4 Å². The highest BCUT2D eigenvalue weighted by atomic mass is 32.2. The molecule has 6 heterocycles. The first-order valence-electron chi connectivity index (χ1n) is 22.8. The fourth-order valence-corrected chi connectivity index (χ4v) is 15.1. The van der Waals surface area contributed by atoms with Gasteiger partial charge in [0.25, 0.3) is 60.7 Å². The minimum Gasteiger partial charge on any atom is -0.459 e. The maximum Gasteiger partial charge on any atom is 0.306 e. The number of rotatable bonds is 20. The molecular weight excluding hydrogens is 1140 g/mol. The number of hydrogen-bond donors (Lipinski definition) is 0. The summed E-state index contributed by atoms with van der Waals surface area (Å²) in [6, 6.07) is 0. The third-order valence-corrected chi connectivity index (χ3v) is 18.9. The van der Waals surface area contributed by atoms with Crippen LogP contribution in [0.3, 0.4) is 0 Å². The molecule has 0 aliphatic carbocycles. The van der Waals surface area contributed by atoms with Gasteiger partial charge in [-0.2, -0.15) is 50.5 Å². The Morgan fingerprint density at radius 3 is 0.773 bits per heavy atom. The lowest BCUT2D eigenvalue weighted by molar-refractivity contribution is -0.159. The Labute approximate surface area is 434 Å². The average molecular weight is 1200 g/mol. The Balaban J connectivity index is 0.000000244. The van der Waals surface area contributed by atoms with Crippen LogP contribution in [0.2, 0.25) is 0 Å². The van der Waals surface area contributed by atoms with E-state index in [2.05, 4.69) is 25.1 Å². The Morgan fingerprint density at radius 1 is 0.347 bits per heavy atom. The quantitative estimate of drug-likeness (QED) is 0.0576. The van der Waals surface area contributed by atoms with Crippen LogP contribution in [0.4, 0.5) is 0 Å². The number of ether oxygens (including phenoxy) is 6. The van der Waals surface area contributed by atoms with Crippen molar-refractivity contribution in [2.24, 2.45) is 0 Å². The number of hydrogen-bond acceptors (Lipinski definition) is 30. The van der Waals surface area contributed by atoms with Crippen LogP contribution >= 0.6 is 0 Å². The summed E-state index contributed by atoms with van der Waals surface area (Å²) < 4.78 is 192. The minimum atomic E-state index is -3.68. The first kappa shape index (κ1) is 63.8. The van der Waals surface area contributed by atoms with Crippen LogP contribution in [0.5, 0.6) is 0 Å². The van der Waals surface area contributed by atoms with E-state index in [0.717, 1.165) is 0 Å². The van der Waals surface area contributed by atoms with Crippen LogP contribution in [-0.2, 0) is 143 Å². The monoisotopic (exact) mass is 1200 g/mol. The Morgan fingerprint density at radius 2 is 0.573 bits per heavy atom. The summed E-state index contributed by atoms with van der Waals surface area (Å²) in [5, 5.41) is 0. The molecule has 0 bridgehead atoms. The molecule has 0 aromatic heterocycles. The summed E-state index contributed by atoms with van der Waals surface area (Å²) in [6.07, 6.45) is -0.232. The lowest BCUT2D eigenvalue weighted by atomic mass is 10.1. The van der Waals surface area contributed by atoms with Gasteiger partial charge < -0.3 is 28.4 Å². The van der Waals surface area contributed by atoms with Gasteiger partial charge in [0.1, 0.15) is 86.4 Å². The Hall–Kier alpha value is -3.72. The molecule has 75 heavy (non-hydrogen) atoms. The summed E-state index contributed by atoms with van der Waals surface area (Å²) in [6.45, 7) is 4.60. The SMILES string of the molecule is CC1(OC(=O)CCCC(=O)OC2(C)COS(=O)(=O)C2)COS(=O)(=O)C1.CC1(OC(=O)CCCCC(=O)OC2(C)COS(=O)(=O)C2)COS(=O)(=O)C1.O=C(CCCCC(=O)OC1COS(=O)(=O)C1)OC1COS(=O)(=O)C1. The molecule has 432 valence electrons. The molecule has 6 rings (SSSR count). The highest BCUT2D eigenvalue weighted by Crippen LogP contribution is 2.28. The molecule has 6 unspecified atom stereocenters. The molecule has 0 aromatic carbocycles. The van der Waals surface area contributed by atoms with Gasteiger partial charge in [-0.05, 0) is 59.8 Å². The van der Waals surface area contributed by atoms with Crippen molar-refractivity contribution < 1.29 is 133 Å². The normalized spacial score (nSPS) is 31.0. The second-order valence-corrected chi connectivity index (χ2v) is 29.0. The van der Waals surface area contributed by atoms with Crippen molar-refractivity contribution in [3.63, 3.8) is 0 Å². The third-order valence-electron chi connectivity index (χ3n) is 10.6. The molecule has 30 nitrogen and oxygen atoms in total. The fraction of sp³-hybridized carbons (Fsp3) is 0.846. The molecular formula is C39H60O30S6. The highest BCUT2D eigenvalue weighted by Gasteiger charge is 2.46. The first-order chi connectivity index (χ1) is 34.3. The third kappa shape index (κ3) is 23.4.